The van der Waals surface area contributed by atoms with Gasteiger partial charge in [0.2, 0.25) is 0 Å². The number of nitrogens with one attached hydrogen (secondary N) is 1. The molecule has 3 aromatic carbocycles. The minimum Gasteiger partial charge on any atom is -0.494 e. The van der Waals surface area contributed by atoms with Crippen LogP contribution in [0.5, 0.6) is 11.5 Å². The molecule has 148 valence electrons. The number of carbonyl (C=O) groups is 1. The topological polar surface area (TPSA) is 59.9 Å². The summed E-state index contributed by atoms with van der Waals surface area (Å²) in [5.41, 5.74) is 6.13. The highest BCUT2D eigenvalue weighted by atomic mass is 16.5. The molecule has 0 aliphatic rings. The summed E-state index contributed by atoms with van der Waals surface area (Å²) in [5, 5.41) is 4.04. The molecule has 0 spiro atoms. The largest absolute Gasteiger partial charge is 0.494 e. The van der Waals surface area contributed by atoms with E-state index in [1.165, 1.54) is 0 Å². The molecule has 0 radical (unpaired) electrons. The third kappa shape index (κ3) is 5.94. The fourth-order valence-electron chi connectivity index (χ4n) is 2.67. The smallest absolute Gasteiger partial charge is 0.271 e. The van der Waals surface area contributed by atoms with E-state index in [1.54, 1.807) is 18.3 Å². The Morgan fingerprint density at radius 2 is 1.59 bits per heavy atom. The summed E-state index contributed by atoms with van der Waals surface area (Å²) >= 11 is 0. The van der Waals surface area contributed by atoms with Crippen molar-refractivity contribution in [3.05, 3.63) is 95.1 Å². The van der Waals surface area contributed by atoms with Crippen molar-refractivity contribution < 1.29 is 14.3 Å². The average Bonchev–Trinajstić information content (AvgIpc) is 2.75. The summed E-state index contributed by atoms with van der Waals surface area (Å²) in [4.78, 5) is 12.2. The van der Waals surface area contributed by atoms with Crippen LogP contribution in [0.2, 0.25) is 0 Å². The van der Waals surface area contributed by atoms with Gasteiger partial charge in [-0.1, -0.05) is 36.4 Å². The van der Waals surface area contributed by atoms with Crippen LogP contribution in [-0.4, -0.2) is 18.7 Å². The number of hydrazone groups is 1. The van der Waals surface area contributed by atoms with E-state index in [4.69, 9.17) is 9.47 Å². The molecular formula is C24H24N2O3. The van der Waals surface area contributed by atoms with Crippen molar-refractivity contribution in [3.8, 4) is 11.5 Å². The first-order valence-electron chi connectivity index (χ1n) is 9.49. The molecule has 1 N–H and O–H groups in total. The molecule has 1 amide bonds. The van der Waals surface area contributed by atoms with Gasteiger partial charge in [-0.05, 0) is 66.9 Å². The van der Waals surface area contributed by atoms with E-state index in [1.807, 2.05) is 74.5 Å². The van der Waals surface area contributed by atoms with Gasteiger partial charge in [-0.3, -0.25) is 4.79 Å². The minimum absolute atomic E-state index is 0.256. The van der Waals surface area contributed by atoms with Crippen molar-refractivity contribution in [2.24, 2.45) is 5.10 Å². The molecule has 0 saturated heterocycles. The summed E-state index contributed by atoms with van der Waals surface area (Å²) in [6, 6.07) is 22.6. The molecule has 3 aromatic rings. The number of benzene rings is 3. The Balaban J connectivity index is 1.51. The van der Waals surface area contributed by atoms with E-state index in [9.17, 15) is 4.79 Å². The number of nitrogens with zero attached hydrogens (tertiary/aromatic N) is 1. The second-order valence-electron chi connectivity index (χ2n) is 6.45. The number of amides is 1. The third-order valence-electron chi connectivity index (χ3n) is 4.31. The van der Waals surface area contributed by atoms with Gasteiger partial charge < -0.3 is 9.47 Å². The first kappa shape index (κ1) is 20.1. The maximum Gasteiger partial charge on any atom is 0.271 e. The number of carbonyl (C=O) groups excluding carboxylic acids is 1. The Labute approximate surface area is 171 Å². The zero-order valence-corrected chi connectivity index (χ0v) is 16.6. The molecule has 0 aliphatic heterocycles. The number of aryl methyl sites for hydroxylation is 1. The lowest BCUT2D eigenvalue weighted by molar-refractivity contribution is 0.0955. The van der Waals surface area contributed by atoms with E-state index in [0.29, 0.717) is 18.8 Å². The second kappa shape index (κ2) is 10.1. The SMILES string of the molecule is CCOc1ccc(OCc2ccc(C(=O)N/N=C\c3ccccc3C)cc2)cc1. The summed E-state index contributed by atoms with van der Waals surface area (Å²) in [5.74, 6) is 1.33. The first-order valence-corrected chi connectivity index (χ1v) is 9.49. The van der Waals surface area contributed by atoms with Crippen LogP contribution in [0, 0.1) is 6.92 Å². The Bertz CT molecular complexity index is 964. The predicted octanol–water partition coefficient (Wildman–Crippen LogP) is 4.74. The van der Waals surface area contributed by atoms with Gasteiger partial charge in [-0.15, -0.1) is 0 Å². The lowest BCUT2D eigenvalue weighted by Crippen LogP contribution is -2.17. The quantitative estimate of drug-likeness (QED) is 0.448. The lowest BCUT2D eigenvalue weighted by Gasteiger charge is -2.08. The highest BCUT2D eigenvalue weighted by Gasteiger charge is 2.05. The fraction of sp³-hybridized carbons (Fsp3) is 0.167. The standard InChI is InChI=1S/C24H24N2O3/c1-3-28-22-12-14-23(15-13-22)29-17-19-8-10-20(11-9-19)24(27)26-25-16-21-7-5-4-6-18(21)2/h4-16H,3,17H2,1-2H3,(H,26,27)/b25-16-. The van der Waals surface area contributed by atoms with Crippen molar-refractivity contribution in [2.75, 3.05) is 6.61 Å². The van der Waals surface area contributed by atoms with Gasteiger partial charge in [0.25, 0.3) is 5.91 Å². The van der Waals surface area contributed by atoms with Crippen molar-refractivity contribution >= 4 is 12.1 Å². The van der Waals surface area contributed by atoms with Gasteiger partial charge in [0, 0.05) is 5.56 Å². The lowest BCUT2D eigenvalue weighted by atomic mass is 10.1. The number of ether oxygens (including phenoxy) is 2. The van der Waals surface area contributed by atoms with Gasteiger partial charge in [0.1, 0.15) is 18.1 Å². The maximum absolute atomic E-state index is 12.2. The van der Waals surface area contributed by atoms with Crippen LogP contribution >= 0.6 is 0 Å². The summed E-state index contributed by atoms with van der Waals surface area (Å²) in [6.45, 7) is 5.00. The molecule has 5 nitrogen and oxygen atoms in total. The van der Waals surface area contributed by atoms with Gasteiger partial charge in [0.05, 0.1) is 12.8 Å². The molecule has 0 aliphatic carbocycles. The highest BCUT2D eigenvalue weighted by Crippen LogP contribution is 2.18. The van der Waals surface area contributed by atoms with Crippen molar-refractivity contribution in [3.63, 3.8) is 0 Å². The van der Waals surface area contributed by atoms with Crippen LogP contribution < -0.4 is 14.9 Å². The summed E-state index contributed by atoms with van der Waals surface area (Å²) in [6.07, 6.45) is 1.65. The zero-order valence-electron chi connectivity index (χ0n) is 16.6. The summed E-state index contributed by atoms with van der Waals surface area (Å²) < 4.78 is 11.2. The molecule has 5 heteroatoms. The van der Waals surface area contributed by atoms with Crippen LogP contribution in [0.3, 0.4) is 0 Å². The predicted molar refractivity (Wildman–Crippen MR) is 115 cm³/mol. The van der Waals surface area contributed by atoms with Crippen LogP contribution in [0.1, 0.15) is 34.0 Å². The Morgan fingerprint density at radius 1 is 0.931 bits per heavy atom. The molecule has 29 heavy (non-hydrogen) atoms. The van der Waals surface area contributed by atoms with Crippen LogP contribution in [0.15, 0.2) is 77.9 Å². The molecule has 0 atom stereocenters. The molecule has 0 fully saturated rings. The number of hydrogen-bond donors (Lipinski definition) is 1. The van der Waals surface area contributed by atoms with E-state index in [-0.39, 0.29) is 5.91 Å². The van der Waals surface area contributed by atoms with Crippen LogP contribution in [0.25, 0.3) is 0 Å². The molecule has 0 bridgehead atoms. The van der Waals surface area contributed by atoms with E-state index in [2.05, 4.69) is 10.5 Å². The van der Waals surface area contributed by atoms with Gasteiger partial charge in [-0.2, -0.15) is 5.10 Å². The van der Waals surface area contributed by atoms with E-state index < -0.39 is 0 Å². The van der Waals surface area contributed by atoms with E-state index in [0.717, 1.165) is 28.2 Å². The molecule has 3 rings (SSSR count). The number of hydrogen-bond acceptors (Lipinski definition) is 4. The second-order valence-corrected chi connectivity index (χ2v) is 6.45. The highest BCUT2D eigenvalue weighted by molar-refractivity contribution is 5.95. The van der Waals surface area contributed by atoms with Crippen LogP contribution in [-0.2, 0) is 6.61 Å². The van der Waals surface area contributed by atoms with Crippen molar-refractivity contribution in [1.82, 2.24) is 5.43 Å². The summed E-state index contributed by atoms with van der Waals surface area (Å²) in [7, 11) is 0. The minimum atomic E-state index is -0.256. The van der Waals surface area contributed by atoms with Crippen molar-refractivity contribution in [2.45, 2.75) is 20.5 Å². The van der Waals surface area contributed by atoms with Crippen LogP contribution in [0.4, 0.5) is 0 Å². The third-order valence-corrected chi connectivity index (χ3v) is 4.31. The molecule has 0 saturated carbocycles. The van der Waals surface area contributed by atoms with Gasteiger partial charge >= 0.3 is 0 Å². The monoisotopic (exact) mass is 388 g/mol. The van der Waals surface area contributed by atoms with Crippen molar-refractivity contribution in [1.29, 1.82) is 0 Å². The Hall–Kier alpha value is -3.60. The first-order chi connectivity index (χ1) is 14.2. The van der Waals surface area contributed by atoms with E-state index >= 15 is 0 Å². The fourth-order valence-corrected chi connectivity index (χ4v) is 2.67. The maximum atomic E-state index is 12.2. The molecule has 0 heterocycles. The molecular weight excluding hydrogens is 364 g/mol. The average molecular weight is 388 g/mol. The normalized spacial score (nSPS) is 10.7. The van der Waals surface area contributed by atoms with Gasteiger partial charge in [-0.25, -0.2) is 5.43 Å². The molecule has 0 unspecified atom stereocenters. The number of rotatable bonds is 8. The Kier molecular flexibility index (Phi) is 7.00. The van der Waals surface area contributed by atoms with Gasteiger partial charge in [0.15, 0.2) is 0 Å². The Morgan fingerprint density at radius 3 is 2.24 bits per heavy atom. The molecule has 0 aromatic heterocycles. The zero-order chi connectivity index (χ0) is 20.5.